The normalized spacial score (nSPS) is 17.5. The van der Waals surface area contributed by atoms with Gasteiger partial charge in [0.1, 0.15) is 12.7 Å². The van der Waals surface area contributed by atoms with Crippen molar-refractivity contribution in [2.24, 2.45) is 0 Å². The number of phosphoric ester groups is 1. The number of esters is 2. The molecule has 1 aliphatic heterocycles. The first-order chi connectivity index (χ1) is 14.7. The molecule has 0 aromatic rings. The second-order valence-corrected chi connectivity index (χ2v) is 8.82. The molecule has 0 saturated carbocycles. The van der Waals surface area contributed by atoms with E-state index in [1.165, 1.54) is 44.9 Å². The summed E-state index contributed by atoms with van der Waals surface area (Å²) >= 11 is 0. The van der Waals surface area contributed by atoms with E-state index in [2.05, 4.69) is 16.2 Å². The number of carbonyl (C=O) groups is 2. The topological polar surface area (TPSA) is 160 Å². The monoisotopic (exact) mass is 466 g/mol. The summed E-state index contributed by atoms with van der Waals surface area (Å²) < 4.78 is 24.4. The van der Waals surface area contributed by atoms with E-state index in [4.69, 9.17) is 14.5 Å². The van der Waals surface area contributed by atoms with Crippen LogP contribution >= 0.6 is 7.82 Å². The van der Waals surface area contributed by atoms with Crippen molar-refractivity contribution in [1.29, 1.82) is 0 Å². The molecule has 180 valence electrons. The lowest BCUT2D eigenvalue weighted by molar-refractivity contribution is -0.154. The summed E-state index contributed by atoms with van der Waals surface area (Å²) in [4.78, 5) is 40.7. The molecular formula is C20H35O10P. The molecule has 0 saturated heterocycles. The Hall–Kier alpha value is -1.61. The van der Waals surface area contributed by atoms with Crippen molar-refractivity contribution in [3.05, 3.63) is 11.5 Å². The minimum Gasteiger partial charge on any atom is -0.505 e. The molecule has 2 atom stereocenters. The van der Waals surface area contributed by atoms with E-state index in [-0.39, 0.29) is 6.42 Å². The predicted octanol–water partition coefficient (Wildman–Crippen LogP) is 3.40. The van der Waals surface area contributed by atoms with Gasteiger partial charge in [-0.3, -0.25) is 14.6 Å². The van der Waals surface area contributed by atoms with Crippen LogP contribution in [0.5, 0.6) is 0 Å². The Bertz CT molecular complexity index is 642. The summed E-state index contributed by atoms with van der Waals surface area (Å²) in [5, 5.41) is 19.8. The van der Waals surface area contributed by atoms with Crippen molar-refractivity contribution >= 4 is 19.8 Å². The summed E-state index contributed by atoms with van der Waals surface area (Å²) in [7, 11) is -5.09. The molecule has 0 radical (unpaired) electrons. The zero-order valence-corrected chi connectivity index (χ0v) is 18.9. The summed E-state index contributed by atoms with van der Waals surface area (Å²) in [6, 6.07) is 0. The molecule has 0 aliphatic carbocycles. The number of ether oxygens (including phenoxy) is 2. The molecule has 0 aromatic heterocycles. The smallest absolute Gasteiger partial charge is 0.505 e. The highest BCUT2D eigenvalue weighted by Crippen LogP contribution is 2.42. The van der Waals surface area contributed by atoms with Crippen LogP contribution in [0, 0.1) is 0 Å². The molecule has 0 amide bonds. The van der Waals surface area contributed by atoms with Crippen molar-refractivity contribution in [3.8, 4) is 0 Å². The highest BCUT2D eigenvalue weighted by molar-refractivity contribution is 7.46. The summed E-state index contributed by atoms with van der Waals surface area (Å²) in [5.41, 5.74) is 0. The Morgan fingerprint density at radius 2 is 1.55 bits per heavy atom. The Morgan fingerprint density at radius 3 is 2.06 bits per heavy atom. The van der Waals surface area contributed by atoms with E-state index in [0.29, 0.717) is 6.42 Å². The molecule has 10 nitrogen and oxygen atoms in total. The van der Waals surface area contributed by atoms with E-state index in [1.807, 2.05) is 0 Å². The third-order valence-electron chi connectivity index (χ3n) is 4.88. The molecule has 1 heterocycles. The molecule has 0 bridgehead atoms. The number of phosphoric acid groups is 1. The van der Waals surface area contributed by atoms with Crippen LogP contribution in [0.4, 0.5) is 0 Å². The van der Waals surface area contributed by atoms with Gasteiger partial charge in [-0.2, -0.15) is 0 Å². The lowest BCUT2D eigenvalue weighted by Gasteiger charge is -2.17. The van der Waals surface area contributed by atoms with Gasteiger partial charge < -0.3 is 24.2 Å². The maximum absolute atomic E-state index is 11.8. The first-order valence-electron chi connectivity index (χ1n) is 10.9. The maximum Gasteiger partial charge on any atom is 0.525 e. The number of rotatable bonds is 17. The largest absolute Gasteiger partial charge is 0.525 e. The number of unbranched alkanes of at least 4 members (excludes halogenated alkanes) is 10. The molecular weight excluding hydrogens is 431 g/mol. The van der Waals surface area contributed by atoms with Gasteiger partial charge in [0.15, 0.2) is 11.9 Å². The SMILES string of the molecule is CCCCCCCCCCCCCC(=O)OCC(O)C1OC(=O)C(OP(=O)(O)O)=C1O. The molecule has 4 N–H and O–H groups in total. The molecule has 31 heavy (non-hydrogen) atoms. The highest BCUT2D eigenvalue weighted by Gasteiger charge is 2.43. The van der Waals surface area contributed by atoms with Crippen LogP contribution in [0.2, 0.25) is 0 Å². The fourth-order valence-corrected chi connectivity index (χ4v) is 3.60. The quantitative estimate of drug-likeness (QED) is 0.142. The summed E-state index contributed by atoms with van der Waals surface area (Å²) in [6.45, 7) is 1.65. The van der Waals surface area contributed by atoms with Gasteiger partial charge in [-0.25, -0.2) is 9.36 Å². The Balaban J connectivity index is 2.16. The van der Waals surface area contributed by atoms with Crippen LogP contribution in [0.15, 0.2) is 11.5 Å². The van der Waals surface area contributed by atoms with Crippen molar-refractivity contribution < 1.29 is 48.2 Å². The van der Waals surface area contributed by atoms with Gasteiger partial charge in [-0.15, -0.1) is 0 Å². The fourth-order valence-electron chi connectivity index (χ4n) is 3.19. The molecule has 0 spiro atoms. The van der Waals surface area contributed by atoms with Crippen LogP contribution in [-0.4, -0.2) is 50.8 Å². The predicted molar refractivity (Wildman–Crippen MR) is 111 cm³/mol. The summed E-state index contributed by atoms with van der Waals surface area (Å²) in [6.07, 6.45) is 9.60. The maximum atomic E-state index is 11.8. The van der Waals surface area contributed by atoms with Crippen LogP contribution in [0.3, 0.4) is 0 Å². The van der Waals surface area contributed by atoms with Gasteiger partial charge in [0, 0.05) is 6.42 Å². The van der Waals surface area contributed by atoms with E-state index < -0.39 is 50.1 Å². The Kier molecular flexibility index (Phi) is 12.8. The number of hydrogen-bond donors (Lipinski definition) is 4. The molecule has 2 unspecified atom stereocenters. The minimum absolute atomic E-state index is 0.183. The molecule has 0 fully saturated rings. The molecule has 0 aromatic carbocycles. The molecule has 1 aliphatic rings. The number of aliphatic hydroxyl groups is 2. The third kappa shape index (κ3) is 11.5. The second kappa shape index (κ2) is 14.5. The first kappa shape index (κ1) is 27.4. The van der Waals surface area contributed by atoms with Crippen LogP contribution in [-0.2, 0) is 28.2 Å². The van der Waals surface area contributed by atoms with Gasteiger partial charge in [0.2, 0.25) is 0 Å². The van der Waals surface area contributed by atoms with Crippen molar-refractivity contribution in [1.82, 2.24) is 0 Å². The number of hydrogen-bond acceptors (Lipinski definition) is 8. The highest BCUT2D eigenvalue weighted by atomic mass is 31.2. The van der Waals surface area contributed by atoms with Crippen LogP contribution < -0.4 is 0 Å². The average Bonchev–Trinajstić information content (AvgIpc) is 2.97. The average molecular weight is 466 g/mol. The zero-order chi connectivity index (χ0) is 23.3. The second-order valence-electron chi connectivity index (χ2n) is 7.66. The lowest BCUT2D eigenvalue weighted by atomic mass is 10.1. The standard InChI is InChI=1S/C20H35O10P/c1-2-3-4-5-6-7-8-9-10-11-12-13-16(22)28-14-15(21)18-17(23)19(20(24)29-18)30-31(25,26)27/h15,18,21,23H,2-14H2,1H3,(H2,25,26,27). The van der Waals surface area contributed by atoms with Gasteiger partial charge >= 0.3 is 19.8 Å². The minimum atomic E-state index is -5.09. The number of carbonyl (C=O) groups excluding carboxylic acids is 2. The van der Waals surface area contributed by atoms with Crippen molar-refractivity contribution in [3.63, 3.8) is 0 Å². The summed E-state index contributed by atoms with van der Waals surface area (Å²) in [5.74, 6) is -3.92. The zero-order valence-electron chi connectivity index (χ0n) is 18.0. The van der Waals surface area contributed by atoms with E-state index in [9.17, 15) is 24.4 Å². The third-order valence-corrected chi connectivity index (χ3v) is 5.30. The van der Waals surface area contributed by atoms with Gasteiger partial charge in [-0.05, 0) is 6.42 Å². The van der Waals surface area contributed by atoms with Crippen molar-refractivity contribution in [2.45, 2.75) is 96.2 Å². The fraction of sp³-hybridized carbons (Fsp3) is 0.800. The van der Waals surface area contributed by atoms with Crippen LogP contribution in [0.1, 0.15) is 84.0 Å². The molecule has 11 heteroatoms. The van der Waals surface area contributed by atoms with Gasteiger partial charge in [0.25, 0.3) is 5.76 Å². The number of aliphatic hydroxyl groups excluding tert-OH is 2. The van der Waals surface area contributed by atoms with Crippen molar-refractivity contribution in [2.75, 3.05) is 6.61 Å². The van der Waals surface area contributed by atoms with Gasteiger partial charge in [0.05, 0.1) is 0 Å². The Morgan fingerprint density at radius 1 is 1.03 bits per heavy atom. The van der Waals surface area contributed by atoms with E-state index in [1.54, 1.807) is 0 Å². The first-order valence-corrected chi connectivity index (χ1v) is 12.4. The van der Waals surface area contributed by atoms with Crippen LogP contribution in [0.25, 0.3) is 0 Å². The van der Waals surface area contributed by atoms with E-state index in [0.717, 1.165) is 19.3 Å². The Labute approximate surface area is 182 Å². The molecule has 1 rings (SSSR count). The van der Waals surface area contributed by atoms with E-state index >= 15 is 0 Å². The number of cyclic esters (lactones) is 1. The van der Waals surface area contributed by atoms with Gasteiger partial charge in [-0.1, -0.05) is 71.1 Å². The lowest BCUT2D eigenvalue weighted by Crippen LogP contribution is -2.33.